The summed E-state index contributed by atoms with van der Waals surface area (Å²) in [7, 11) is 0. The first-order valence-corrected chi connectivity index (χ1v) is 7.32. The van der Waals surface area contributed by atoms with Crippen LogP contribution in [0.3, 0.4) is 0 Å². The zero-order chi connectivity index (χ0) is 15.1. The van der Waals surface area contributed by atoms with Crippen LogP contribution in [0.15, 0.2) is 40.8 Å². The quantitative estimate of drug-likeness (QED) is 0.758. The second-order valence-electron chi connectivity index (χ2n) is 5.01. The molecule has 4 nitrogen and oxygen atoms in total. The standard InChI is InChI=1S/C17H21NO3/c1-2-3-4-8-17(20)18-14-7-5-6-13(11-14)16-10-9-15(12-19)21-16/h5-7,9-11,19H,2-4,8,12H2,1H3,(H,18,20). The smallest absolute Gasteiger partial charge is 0.224 e. The Bertz CT molecular complexity index is 589. The van der Waals surface area contributed by atoms with Gasteiger partial charge in [-0.05, 0) is 30.7 Å². The van der Waals surface area contributed by atoms with Gasteiger partial charge in [0.1, 0.15) is 18.1 Å². The predicted octanol–water partition coefficient (Wildman–Crippen LogP) is 3.96. The topological polar surface area (TPSA) is 62.5 Å². The summed E-state index contributed by atoms with van der Waals surface area (Å²) in [6.07, 6.45) is 3.64. The zero-order valence-corrected chi connectivity index (χ0v) is 12.3. The number of hydrogen-bond acceptors (Lipinski definition) is 3. The van der Waals surface area contributed by atoms with Crippen LogP contribution in [0.25, 0.3) is 11.3 Å². The van der Waals surface area contributed by atoms with Gasteiger partial charge >= 0.3 is 0 Å². The number of aliphatic hydroxyl groups is 1. The van der Waals surface area contributed by atoms with Gasteiger partial charge in [0.25, 0.3) is 0 Å². The van der Waals surface area contributed by atoms with Crippen LogP contribution in [0.1, 0.15) is 38.4 Å². The lowest BCUT2D eigenvalue weighted by Crippen LogP contribution is -2.10. The van der Waals surface area contributed by atoms with E-state index >= 15 is 0 Å². The summed E-state index contributed by atoms with van der Waals surface area (Å²) in [6.45, 7) is 2.00. The van der Waals surface area contributed by atoms with E-state index in [1.807, 2.05) is 30.3 Å². The van der Waals surface area contributed by atoms with Gasteiger partial charge in [-0.1, -0.05) is 31.9 Å². The van der Waals surface area contributed by atoms with Gasteiger partial charge in [-0.25, -0.2) is 0 Å². The van der Waals surface area contributed by atoms with Gasteiger partial charge in [0, 0.05) is 17.7 Å². The van der Waals surface area contributed by atoms with Crippen molar-refractivity contribution in [3.05, 3.63) is 42.2 Å². The molecule has 0 saturated carbocycles. The van der Waals surface area contributed by atoms with Gasteiger partial charge in [0.05, 0.1) is 0 Å². The number of rotatable bonds is 7. The second-order valence-corrected chi connectivity index (χ2v) is 5.01. The summed E-state index contributed by atoms with van der Waals surface area (Å²) < 4.78 is 5.50. The molecule has 0 atom stereocenters. The Morgan fingerprint density at radius 1 is 1.24 bits per heavy atom. The highest BCUT2D eigenvalue weighted by Gasteiger charge is 2.07. The molecule has 4 heteroatoms. The van der Waals surface area contributed by atoms with E-state index in [-0.39, 0.29) is 12.5 Å². The minimum Gasteiger partial charge on any atom is -0.459 e. The number of hydrogen-bond donors (Lipinski definition) is 2. The van der Waals surface area contributed by atoms with E-state index in [0.29, 0.717) is 17.9 Å². The molecule has 0 unspecified atom stereocenters. The van der Waals surface area contributed by atoms with Crippen LogP contribution in [-0.2, 0) is 11.4 Å². The zero-order valence-electron chi connectivity index (χ0n) is 12.3. The molecule has 1 aromatic heterocycles. The highest BCUT2D eigenvalue weighted by molar-refractivity contribution is 5.91. The molecule has 112 valence electrons. The lowest BCUT2D eigenvalue weighted by Gasteiger charge is -2.06. The van der Waals surface area contributed by atoms with Crippen molar-refractivity contribution in [1.82, 2.24) is 0 Å². The molecule has 0 fully saturated rings. The Morgan fingerprint density at radius 3 is 2.81 bits per heavy atom. The molecular formula is C17H21NO3. The average molecular weight is 287 g/mol. The molecule has 0 spiro atoms. The molecule has 2 rings (SSSR count). The van der Waals surface area contributed by atoms with Crippen molar-refractivity contribution >= 4 is 11.6 Å². The number of unbranched alkanes of at least 4 members (excludes halogenated alkanes) is 2. The van der Waals surface area contributed by atoms with Gasteiger partial charge in [0.15, 0.2) is 0 Å². The number of nitrogens with one attached hydrogen (secondary N) is 1. The first kappa shape index (κ1) is 15.3. The molecule has 2 N–H and O–H groups in total. The maximum atomic E-state index is 11.8. The molecule has 1 heterocycles. The molecule has 1 amide bonds. The SMILES string of the molecule is CCCCCC(=O)Nc1cccc(-c2ccc(CO)o2)c1. The number of amides is 1. The monoisotopic (exact) mass is 287 g/mol. The van der Waals surface area contributed by atoms with Crippen molar-refractivity contribution < 1.29 is 14.3 Å². The van der Waals surface area contributed by atoms with Crippen LogP contribution in [0.4, 0.5) is 5.69 Å². The van der Waals surface area contributed by atoms with Crippen molar-refractivity contribution in [3.8, 4) is 11.3 Å². The van der Waals surface area contributed by atoms with Gasteiger partial charge in [0.2, 0.25) is 5.91 Å². The summed E-state index contributed by atoms with van der Waals surface area (Å²) in [5.74, 6) is 1.25. The lowest BCUT2D eigenvalue weighted by molar-refractivity contribution is -0.116. The summed E-state index contributed by atoms with van der Waals surface area (Å²) >= 11 is 0. The highest BCUT2D eigenvalue weighted by Crippen LogP contribution is 2.25. The average Bonchev–Trinajstić information content (AvgIpc) is 2.97. The maximum Gasteiger partial charge on any atom is 0.224 e. The third-order valence-corrected chi connectivity index (χ3v) is 3.26. The normalized spacial score (nSPS) is 10.6. The van der Waals surface area contributed by atoms with E-state index < -0.39 is 0 Å². The van der Waals surface area contributed by atoms with Crippen molar-refractivity contribution in [2.24, 2.45) is 0 Å². The molecule has 0 aliphatic carbocycles. The number of benzene rings is 1. The molecule has 0 bridgehead atoms. The van der Waals surface area contributed by atoms with Crippen molar-refractivity contribution in [3.63, 3.8) is 0 Å². The van der Waals surface area contributed by atoms with E-state index in [9.17, 15) is 4.79 Å². The molecule has 1 aromatic carbocycles. The number of anilines is 1. The fraction of sp³-hybridized carbons (Fsp3) is 0.353. The Balaban J connectivity index is 2.02. The third-order valence-electron chi connectivity index (χ3n) is 3.26. The van der Waals surface area contributed by atoms with Crippen LogP contribution in [0, 0.1) is 0 Å². The molecule has 0 radical (unpaired) electrons. The number of carbonyl (C=O) groups is 1. The van der Waals surface area contributed by atoms with Crippen LogP contribution < -0.4 is 5.32 Å². The molecule has 0 saturated heterocycles. The van der Waals surface area contributed by atoms with Crippen molar-refractivity contribution in [2.75, 3.05) is 5.32 Å². The van der Waals surface area contributed by atoms with E-state index in [2.05, 4.69) is 12.2 Å². The van der Waals surface area contributed by atoms with E-state index in [1.54, 1.807) is 6.07 Å². The number of carbonyl (C=O) groups excluding carboxylic acids is 1. The number of furan rings is 1. The van der Waals surface area contributed by atoms with E-state index in [1.165, 1.54) is 0 Å². The molecule has 21 heavy (non-hydrogen) atoms. The predicted molar refractivity (Wildman–Crippen MR) is 82.8 cm³/mol. The molecule has 0 aliphatic heterocycles. The van der Waals surface area contributed by atoms with E-state index in [4.69, 9.17) is 9.52 Å². The summed E-state index contributed by atoms with van der Waals surface area (Å²) in [5, 5.41) is 11.9. The van der Waals surface area contributed by atoms with Crippen LogP contribution in [-0.4, -0.2) is 11.0 Å². The van der Waals surface area contributed by atoms with E-state index in [0.717, 1.165) is 30.5 Å². The van der Waals surface area contributed by atoms with Gasteiger partial charge < -0.3 is 14.8 Å². The maximum absolute atomic E-state index is 11.8. The molecule has 0 aliphatic rings. The van der Waals surface area contributed by atoms with Gasteiger partial charge in [-0.2, -0.15) is 0 Å². The minimum absolute atomic E-state index is 0.0380. The minimum atomic E-state index is -0.117. The fourth-order valence-electron chi connectivity index (χ4n) is 2.13. The highest BCUT2D eigenvalue weighted by atomic mass is 16.4. The van der Waals surface area contributed by atoms with Gasteiger partial charge in [-0.3, -0.25) is 4.79 Å². The Labute approximate surface area is 124 Å². The van der Waals surface area contributed by atoms with Crippen LogP contribution in [0.2, 0.25) is 0 Å². The first-order chi connectivity index (χ1) is 10.2. The molecular weight excluding hydrogens is 266 g/mol. The lowest BCUT2D eigenvalue weighted by atomic mass is 10.1. The first-order valence-electron chi connectivity index (χ1n) is 7.32. The Kier molecular flexibility index (Phi) is 5.58. The largest absolute Gasteiger partial charge is 0.459 e. The Morgan fingerprint density at radius 2 is 2.10 bits per heavy atom. The molecule has 2 aromatic rings. The number of aliphatic hydroxyl groups excluding tert-OH is 1. The summed E-state index contributed by atoms with van der Waals surface area (Å²) in [5.41, 5.74) is 1.64. The summed E-state index contributed by atoms with van der Waals surface area (Å²) in [6, 6.07) is 11.1. The second kappa shape index (κ2) is 7.64. The Hall–Kier alpha value is -2.07. The van der Waals surface area contributed by atoms with Crippen molar-refractivity contribution in [2.45, 2.75) is 39.2 Å². The van der Waals surface area contributed by atoms with Crippen molar-refractivity contribution in [1.29, 1.82) is 0 Å². The van der Waals surface area contributed by atoms with Crippen LogP contribution in [0.5, 0.6) is 0 Å². The van der Waals surface area contributed by atoms with Gasteiger partial charge in [-0.15, -0.1) is 0 Å². The fourth-order valence-corrected chi connectivity index (χ4v) is 2.13. The third kappa shape index (κ3) is 4.46. The summed E-state index contributed by atoms with van der Waals surface area (Å²) in [4.78, 5) is 11.8. The van der Waals surface area contributed by atoms with Crippen LogP contribution >= 0.6 is 0 Å².